The fourth-order valence-electron chi connectivity index (χ4n) is 0.251. The van der Waals surface area contributed by atoms with Crippen molar-refractivity contribution in [3.63, 3.8) is 0 Å². The molecule has 0 unspecified atom stereocenters. The third-order valence-corrected chi connectivity index (χ3v) is 0.911. The number of hydrogen-bond donors (Lipinski definition) is 3. The summed E-state index contributed by atoms with van der Waals surface area (Å²) in [5, 5.41) is 0. The van der Waals surface area contributed by atoms with Gasteiger partial charge in [0.25, 0.3) is 0 Å². The first-order valence-electron chi connectivity index (χ1n) is 2.28. The maximum Gasteiger partial charge on any atom is 0.526 e. The van der Waals surface area contributed by atoms with Gasteiger partial charge in [-0.2, -0.15) is 0 Å². The van der Waals surface area contributed by atoms with Crippen LogP contribution in [0.5, 0.6) is 0 Å². The average molecular weight is 168 g/mol. The highest BCUT2D eigenvalue weighted by molar-refractivity contribution is 7.46. The van der Waals surface area contributed by atoms with E-state index >= 15 is 0 Å². The Labute approximate surface area is 57.2 Å². The number of nitrogens with two attached hydrogens (primary N) is 1. The zero-order valence-corrected chi connectivity index (χ0v) is 5.82. The van der Waals surface area contributed by atoms with Crippen LogP contribution in [0.3, 0.4) is 0 Å². The predicted molar refractivity (Wildman–Crippen MR) is 31.5 cm³/mol. The van der Waals surface area contributed by atoms with Crippen molar-refractivity contribution in [3.05, 3.63) is 6.42 Å². The Bertz CT molecular complexity index is 162. The summed E-state index contributed by atoms with van der Waals surface area (Å²) >= 11 is 0. The summed E-state index contributed by atoms with van der Waals surface area (Å²) in [6, 6.07) is 0. The van der Waals surface area contributed by atoms with Crippen LogP contribution in [-0.2, 0) is 13.9 Å². The Morgan fingerprint density at radius 1 is 1.70 bits per heavy atom. The van der Waals surface area contributed by atoms with E-state index in [1.54, 1.807) is 0 Å². The summed E-state index contributed by atoms with van der Waals surface area (Å²) < 4.78 is 13.5. The minimum Gasteiger partial charge on any atom is -0.370 e. The summed E-state index contributed by atoms with van der Waals surface area (Å²) in [4.78, 5) is 26.3. The zero-order valence-electron chi connectivity index (χ0n) is 4.93. The van der Waals surface area contributed by atoms with E-state index in [2.05, 4.69) is 4.52 Å². The lowest BCUT2D eigenvalue weighted by Crippen LogP contribution is -2.10. The van der Waals surface area contributed by atoms with Crippen LogP contribution in [0.25, 0.3) is 0 Å². The van der Waals surface area contributed by atoms with Crippen LogP contribution in [0.4, 0.5) is 0 Å². The first kappa shape index (κ1) is 9.58. The van der Waals surface area contributed by atoms with Gasteiger partial charge in [0, 0.05) is 6.54 Å². The smallest absolute Gasteiger partial charge is 0.370 e. The van der Waals surface area contributed by atoms with E-state index in [1.807, 2.05) is 0 Å². The molecule has 0 heterocycles. The van der Waals surface area contributed by atoms with Crippen LogP contribution in [0.15, 0.2) is 0 Å². The summed E-state index contributed by atoms with van der Waals surface area (Å²) in [5.41, 5.74) is 4.84. The van der Waals surface area contributed by atoms with Crippen LogP contribution in [0.1, 0.15) is 0 Å². The Morgan fingerprint density at radius 2 is 2.20 bits per heavy atom. The molecule has 0 aliphatic heterocycles. The van der Waals surface area contributed by atoms with Crippen molar-refractivity contribution in [1.82, 2.24) is 0 Å². The molecule has 0 spiro atoms. The van der Waals surface area contributed by atoms with Gasteiger partial charge < -0.3 is 10.3 Å². The lowest BCUT2D eigenvalue weighted by Gasteiger charge is -2.02. The molecule has 0 aromatic carbocycles. The fourth-order valence-corrected chi connectivity index (χ4v) is 0.560. The highest BCUT2D eigenvalue weighted by Crippen LogP contribution is 2.35. The highest BCUT2D eigenvalue weighted by Gasteiger charge is 2.19. The van der Waals surface area contributed by atoms with E-state index in [9.17, 15) is 9.36 Å². The molecule has 6 nitrogen and oxygen atoms in total. The number of carbonyl (C=O) groups excluding carboxylic acids is 1. The number of carbonyl (C=O) groups is 1. The molecule has 0 aromatic rings. The van der Waals surface area contributed by atoms with Gasteiger partial charge in [-0.15, -0.1) is 0 Å². The van der Waals surface area contributed by atoms with Gasteiger partial charge in [-0.05, 0) is 0 Å². The van der Waals surface area contributed by atoms with Gasteiger partial charge in [-0.25, -0.2) is 4.57 Å². The molecule has 10 heavy (non-hydrogen) atoms. The first-order chi connectivity index (χ1) is 4.45. The van der Waals surface area contributed by atoms with Gasteiger partial charge in [-0.3, -0.25) is 14.6 Å². The van der Waals surface area contributed by atoms with E-state index in [0.717, 1.165) is 6.42 Å². The topological polar surface area (TPSA) is 110 Å². The summed E-state index contributed by atoms with van der Waals surface area (Å²) in [5.74, 6) is -1.11. The Balaban J connectivity index is 3.70. The fraction of sp³-hybridized carbons (Fsp3) is 0.333. The molecular weight excluding hydrogens is 161 g/mol. The molecule has 0 aliphatic carbocycles. The molecule has 0 aliphatic rings. The van der Waals surface area contributed by atoms with Gasteiger partial charge in [0.15, 0.2) is 0 Å². The van der Waals surface area contributed by atoms with Crippen LogP contribution < -0.4 is 5.73 Å². The summed E-state index contributed by atoms with van der Waals surface area (Å²) in [7, 11) is -4.69. The first-order valence-corrected chi connectivity index (χ1v) is 3.81. The maximum absolute atomic E-state index is 10.2. The number of phosphoric ester groups is 1. The van der Waals surface area contributed by atoms with Gasteiger partial charge in [0.05, 0.1) is 6.42 Å². The van der Waals surface area contributed by atoms with Crippen molar-refractivity contribution in [2.75, 3.05) is 6.54 Å². The molecule has 0 amide bonds. The second-order valence-corrected chi connectivity index (χ2v) is 2.50. The minimum absolute atomic E-state index is 0.112. The third-order valence-electron chi connectivity index (χ3n) is 0.493. The number of phosphoric acid groups is 1. The van der Waals surface area contributed by atoms with Crippen LogP contribution in [0.2, 0.25) is 0 Å². The van der Waals surface area contributed by atoms with Crippen molar-refractivity contribution in [2.24, 2.45) is 5.73 Å². The van der Waals surface area contributed by atoms with Gasteiger partial charge in [0.1, 0.15) is 0 Å². The molecule has 0 bridgehead atoms. The molecule has 0 atom stereocenters. The predicted octanol–water partition coefficient (Wildman–Crippen LogP) is -1.21. The van der Waals surface area contributed by atoms with E-state index in [4.69, 9.17) is 15.5 Å². The Morgan fingerprint density at radius 3 is 2.50 bits per heavy atom. The standard InChI is InChI=1S/C3H7NO5P/c4-2-1-3(5)9-10(6,7)8/h1H,2,4H2,(H2,6,7,8). The largest absolute Gasteiger partial charge is 0.526 e. The van der Waals surface area contributed by atoms with E-state index in [0.29, 0.717) is 0 Å². The van der Waals surface area contributed by atoms with Crippen LogP contribution in [0, 0.1) is 6.42 Å². The lowest BCUT2D eigenvalue weighted by molar-refractivity contribution is -0.131. The Hall–Kier alpha value is -0.420. The molecule has 0 aromatic heterocycles. The van der Waals surface area contributed by atoms with E-state index < -0.39 is 13.8 Å². The van der Waals surface area contributed by atoms with Crippen molar-refractivity contribution in [3.8, 4) is 0 Å². The van der Waals surface area contributed by atoms with Crippen LogP contribution >= 0.6 is 7.82 Å². The summed E-state index contributed by atoms with van der Waals surface area (Å²) in [6.45, 7) is -0.112. The minimum atomic E-state index is -4.69. The second kappa shape index (κ2) is 3.68. The van der Waals surface area contributed by atoms with Crippen molar-refractivity contribution in [1.29, 1.82) is 0 Å². The van der Waals surface area contributed by atoms with Gasteiger partial charge in [-0.1, -0.05) is 0 Å². The molecule has 1 radical (unpaired) electrons. The Kier molecular flexibility index (Phi) is 3.52. The van der Waals surface area contributed by atoms with E-state index in [1.165, 1.54) is 0 Å². The summed E-state index contributed by atoms with van der Waals surface area (Å²) in [6.07, 6.45) is 0.819. The monoisotopic (exact) mass is 168 g/mol. The number of hydrogen-bond acceptors (Lipinski definition) is 4. The molecule has 4 N–H and O–H groups in total. The molecule has 7 heteroatoms. The van der Waals surface area contributed by atoms with Gasteiger partial charge in [0.2, 0.25) is 0 Å². The van der Waals surface area contributed by atoms with Crippen molar-refractivity contribution in [2.45, 2.75) is 0 Å². The SMILES string of the molecule is NC[CH]C(=O)OP(=O)(O)O. The van der Waals surface area contributed by atoms with E-state index in [-0.39, 0.29) is 6.54 Å². The third kappa shape index (κ3) is 5.71. The molecule has 0 rings (SSSR count). The maximum atomic E-state index is 10.2. The second-order valence-electron chi connectivity index (χ2n) is 1.34. The molecule has 59 valence electrons. The van der Waals surface area contributed by atoms with Crippen molar-refractivity contribution < 1.29 is 23.7 Å². The zero-order chi connectivity index (χ0) is 8.20. The molecule has 0 saturated heterocycles. The molecule has 0 fully saturated rings. The lowest BCUT2D eigenvalue weighted by atomic mass is 10.5. The molecular formula is C3H7NO5P. The van der Waals surface area contributed by atoms with Gasteiger partial charge >= 0.3 is 13.8 Å². The highest BCUT2D eigenvalue weighted by atomic mass is 31.2. The van der Waals surface area contributed by atoms with Crippen molar-refractivity contribution >= 4 is 13.8 Å². The number of rotatable bonds is 3. The quantitative estimate of drug-likeness (QED) is 0.456. The normalized spacial score (nSPS) is 11.1. The average Bonchev–Trinajstić information content (AvgIpc) is 1.59. The van der Waals surface area contributed by atoms with Crippen LogP contribution in [-0.4, -0.2) is 22.3 Å². The molecule has 0 saturated carbocycles.